The van der Waals surface area contributed by atoms with Crippen LogP contribution in [0.25, 0.3) is 0 Å². The zero-order valence-electron chi connectivity index (χ0n) is 12.9. The van der Waals surface area contributed by atoms with E-state index in [1.54, 1.807) is 0 Å². The molecule has 21 heavy (non-hydrogen) atoms. The SMILES string of the molecule is CCC(=O)O[C@]1(c2ccccc2)CCN2CCCC[C@H]2C1. The molecule has 3 heteroatoms. The first kappa shape index (κ1) is 14.6. The van der Waals surface area contributed by atoms with Gasteiger partial charge in [-0.1, -0.05) is 43.7 Å². The van der Waals surface area contributed by atoms with Gasteiger partial charge in [-0.05, 0) is 24.9 Å². The summed E-state index contributed by atoms with van der Waals surface area (Å²) in [5.74, 6) is -0.0805. The van der Waals surface area contributed by atoms with Crippen LogP contribution in [0.5, 0.6) is 0 Å². The van der Waals surface area contributed by atoms with Crippen LogP contribution < -0.4 is 0 Å². The number of hydrogen-bond acceptors (Lipinski definition) is 3. The number of hydrogen-bond donors (Lipinski definition) is 0. The number of rotatable bonds is 3. The summed E-state index contributed by atoms with van der Waals surface area (Å²) in [5.41, 5.74) is 0.754. The Bertz CT molecular complexity index is 487. The van der Waals surface area contributed by atoms with Crippen molar-refractivity contribution < 1.29 is 9.53 Å². The number of piperidine rings is 2. The van der Waals surface area contributed by atoms with Crippen LogP contribution in [0.15, 0.2) is 30.3 Å². The zero-order valence-corrected chi connectivity index (χ0v) is 12.9. The minimum absolute atomic E-state index is 0.0805. The second-order valence-electron chi connectivity index (χ2n) is 6.33. The van der Waals surface area contributed by atoms with Gasteiger partial charge in [0, 0.05) is 31.8 Å². The summed E-state index contributed by atoms with van der Waals surface area (Å²) in [6, 6.07) is 10.9. The van der Waals surface area contributed by atoms with E-state index in [0.29, 0.717) is 12.5 Å². The second kappa shape index (κ2) is 6.18. The average molecular weight is 287 g/mol. The molecule has 0 aromatic heterocycles. The maximum absolute atomic E-state index is 12.0. The van der Waals surface area contributed by atoms with Gasteiger partial charge in [0.25, 0.3) is 0 Å². The van der Waals surface area contributed by atoms with Crippen LogP contribution >= 0.6 is 0 Å². The number of nitrogens with zero attached hydrogens (tertiary/aromatic N) is 1. The monoisotopic (exact) mass is 287 g/mol. The summed E-state index contributed by atoms with van der Waals surface area (Å²) in [4.78, 5) is 14.6. The Morgan fingerprint density at radius 3 is 2.86 bits per heavy atom. The maximum Gasteiger partial charge on any atom is 0.306 e. The summed E-state index contributed by atoms with van der Waals surface area (Å²) >= 11 is 0. The van der Waals surface area contributed by atoms with E-state index < -0.39 is 5.60 Å². The first-order chi connectivity index (χ1) is 10.2. The Balaban J connectivity index is 1.88. The second-order valence-corrected chi connectivity index (χ2v) is 6.33. The van der Waals surface area contributed by atoms with E-state index in [-0.39, 0.29) is 5.97 Å². The van der Waals surface area contributed by atoms with Crippen molar-refractivity contribution in [3.8, 4) is 0 Å². The van der Waals surface area contributed by atoms with Gasteiger partial charge in [0.1, 0.15) is 5.60 Å². The number of carbonyl (C=O) groups excluding carboxylic acids is 1. The summed E-state index contributed by atoms with van der Waals surface area (Å²) in [6.45, 7) is 4.12. The third-order valence-corrected chi connectivity index (χ3v) is 5.02. The van der Waals surface area contributed by atoms with Crippen molar-refractivity contribution in [2.45, 2.75) is 57.1 Å². The molecule has 3 rings (SSSR count). The number of esters is 1. The molecular weight excluding hydrogens is 262 g/mol. The van der Waals surface area contributed by atoms with Gasteiger partial charge in [0.05, 0.1) is 0 Å². The molecule has 2 aliphatic heterocycles. The predicted molar refractivity (Wildman–Crippen MR) is 82.9 cm³/mol. The fourth-order valence-corrected chi connectivity index (χ4v) is 3.84. The summed E-state index contributed by atoms with van der Waals surface area (Å²) < 4.78 is 6.00. The molecule has 2 aliphatic rings. The van der Waals surface area contributed by atoms with E-state index >= 15 is 0 Å². The molecule has 2 saturated heterocycles. The molecule has 0 N–H and O–H groups in total. The van der Waals surface area contributed by atoms with Crippen molar-refractivity contribution in [3.63, 3.8) is 0 Å². The molecule has 1 aromatic rings. The molecule has 0 amide bonds. The van der Waals surface area contributed by atoms with E-state index in [1.165, 1.54) is 25.8 Å². The van der Waals surface area contributed by atoms with E-state index in [2.05, 4.69) is 17.0 Å². The van der Waals surface area contributed by atoms with Gasteiger partial charge in [0.2, 0.25) is 0 Å². The van der Waals surface area contributed by atoms with Crippen LogP contribution in [0.2, 0.25) is 0 Å². The molecular formula is C18H25NO2. The predicted octanol–water partition coefficient (Wildman–Crippen LogP) is 3.48. The minimum atomic E-state index is -0.410. The Hall–Kier alpha value is -1.35. The zero-order chi connectivity index (χ0) is 14.7. The van der Waals surface area contributed by atoms with Crippen molar-refractivity contribution in [2.24, 2.45) is 0 Å². The fraction of sp³-hybridized carbons (Fsp3) is 0.611. The molecule has 1 aromatic carbocycles. The molecule has 0 saturated carbocycles. The number of ether oxygens (including phenoxy) is 1. The van der Waals surface area contributed by atoms with Crippen LogP contribution in [-0.2, 0) is 15.1 Å². The van der Waals surface area contributed by atoms with Crippen LogP contribution in [-0.4, -0.2) is 30.0 Å². The summed E-state index contributed by atoms with van der Waals surface area (Å²) in [7, 11) is 0. The largest absolute Gasteiger partial charge is 0.454 e. The first-order valence-electron chi connectivity index (χ1n) is 8.25. The van der Waals surface area contributed by atoms with Gasteiger partial charge in [-0.25, -0.2) is 0 Å². The van der Waals surface area contributed by atoms with E-state index in [0.717, 1.165) is 24.9 Å². The van der Waals surface area contributed by atoms with E-state index in [4.69, 9.17) is 4.74 Å². The topological polar surface area (TPSA) is 29.5 Å². The van der Waals surface area contributed by atoms with Crippen molar-refractivity contribution in [1.29, 1.82) is 0 Å². The van der Waals surface area contributed by atoms with E-state index in [1.807, 2.05) is 25.1 Å². The van der Waals surface area contributed by atoms with Gasteiger partial charge in [-0.3, -0.25) is 4.79 Å². The lowest BCUT2D eigenvalue weighted by Crippen LogP contribution is -2.52. The lowest BCUT2D eigenvalue weighted by atomic mass is 9.78. The third-order valence-electron chi connectivity index (χ3n) is 5.02. The average Bonchev–Trinajstić information content (AvgIpc) is 2.55. The molecule has 114 valence electrons. The minimum Gasteiger partial charge on any atom is -0.454 e. The van der Waals surface area contributed by atoms with Crippen molar-refractivity contribution >= 4 is 5.97 Å². The van der Waals surface area contributed by atoms with Crippen molar-refractivity contribution in [1.82, 2.24) is 4.90 Å². The third kappa shape index (κ3) is 2.98. The smallest absolute Gasteiger partial charge is 0.306 e. The van der Waals surface area contributed by atoms with Crippen LogP contribution in [0.3, 0.4) is 0 Å². The molecule has 3 nitrogen and oxygen atoms in total. The molecule has 2 fully saturated rings. The van der Waals surface area contributed by atoms with Gasteiger partial charge < -0.3 is 9.64 Å². The highest BCUT2D eigenvalue weighted by molar-refractivity contribution is 5.69. The summed E-state index contributed by atoms with van der Waals surface area (Å²) in [6.07, 6.45) is 6.15. The standard InChI is InChI=1S/C18H25NO2/c1-2-17(20)21-18(15-8-4-3-5-9-15)11-13-19-12-7-6-10-16(19)14-18/h3-5,8-9,16H,2,6-7,10-14H2,1H3/t16-,18+/m0/s1. The summed E-state index contributed by atoms with van der Waals surface area (Å²) in [5, 5.41) is 0. The fourth-order valence-electron chi connectivity index (χ4n) is 3.84. The number of fused-ring (bicyclic) bond motifs is 1. The first-order valence-corrected chi connectivity index (χ1v) is 8.25. The number of benzene rings is 1. The Morgan fingerprint density at radius 2 is 2.10 bits per heavy atom. The highest BCUT2D eigenvalue weighted by Crippen LogP contribution is 2.42. The molecule has 0 spiro atoms. The van der Waals surface area contributed by atoms with Crippen LogP contribution in [0.4, 0.5) is 0 Å². The highest BCUT2D eigenvalue weighted by atomic mass is 16.6. The van der Waals surface area contributed by atoms with E-state index in [9.17, 15) is 4.79 Å². The van der Waals surface area contributed by atoms with Gasteiger partial charge in [0.15, 0.2) is 0 Å². The highest BCUT2D eigenvalue weighted by Gasteiger charge is 2.44. The Labute approximate surface area is 127 Å². The van der Waals surface area contributed by atoms with Crippen molar-refractivity contribution in [2.75, 3.05) is 13.1 Å². The molecule has 2 atom stereocenters. The van der Waals surface area contributed by atoms with Crippen molar-refractivity contribution in [3.05, 3.63) is 35.9 Å². The van der Waals surface area contributed by atoms with Gasteiger partial charge in [-0.15, -0.1) is 0 Å². The molecule has 0 unspecified atom stereocenters. The molecule has 2 heterocycles. The molecule has 0 bridgehead atoms. The lowest BCUT2D eigenvalue weighted by molar-refractivity contribution is -0.170. The normalized spacial score (nSPS) is 29.7. The van der Waals surface area contributed by atoms with Crippen LogP contribution in [0, 0.1) is 0 Å². The lowest BCUT2D eigenvalue weighted by Gasteiger charge is -2.48. The van der Waals surface area contributed by atoms with Gasteiger partial charge in [-0.2, -0.15) is 0 Å². The molecule has 0 aliphatic carbocycles. The van der Waals surface area contributed by atoms with Crippen LogP contribution in [0.1, 0.15) is 51.0 Å². The Kier molecular flexibility index (Phi) is 4.29. The quantitative estimate of drug-likeness (QED) is 0.797. The maximum atomic E-state index is 12.0. The Morgan fingerprint density at radius 1 is 1.29 bits per heavy atom. The number of carbonyl (C=O) groups is 1. The molecule has 0 radical (unpaired) electrons. The van der Waals surface area contributed by atoms with Gasteiger partial charge >= 0.3 is 5.97 Å².